The number of benzene rings is 1. The maximum absolute atomic E-state index is 12.8. The van der Waals surface area contributed by atoms with E-state index in [0.717, 1.165) is 25.3 Å². The van der Waals surface area contributed by atoms with Gasteiger partial charge >= 0.3 is 0 Å². The second kappa shape index (κ2) is 9.03. The number of anilines is 1. The minimum absolute atomic E-state index is 0.100. The van der Waals surface area contributed by atoms with Crippen molar-refractivity contribution in [2.45, 2.75) is 33.2 Å². The van der Waals surface area contributed by atoms with E-state index in [9.17, 15) is 9.59 Å². The summed E-state index contributed by atoms with van der Waals surface area (Å²) in [5, 5.41) is 2.85. The van der Waals surface area contributed by atoms with Crippen LogP contribution in [0.15, 0.2) is 24.3 Å². The van der Waals surface area contributed by atoms with Gasteiger partial charge < -0.3 is 15.0 Å². The molecule has 1 saturated heterocycles. The van der Waals surface area contributed by atoms with Crippen LogP contribution >= 0.6 is 0 Å². The van der Waals surface area contributed by atoms with Gasteiger partial charge in [-0.15, -0.1) is 0 Å². The first-order valence-corrected chi connectivity index (χ1v) is 9.23. The van der Waals surface area contributed by atoms with E-state index in [0.29, 0.717) is 17.5 Å². The van der Waals surface area contributed by atoms with Gasteiger partial charge in [0.25, 0.3) is 0 Å². The molecular weight excluding hydrogens is 330 g/mol. The second-order valence-electron chi connectivity index (χ2n) is 7.56. The van der Waals surface area contributed by atoms with Crippen LogP contribution in [0.4, 0.5) is 5.69 Å². The van der Waals surface area contributed by atoms with E-state index in [1.54, 1.807) is 36.3 Å². The van der Waals surface area contributed by atoms with Crippen LogP contribution in [0.2, 0.25) is 0 Å². The average Bonchev–Trinajstić information content (AvgIpc) is 2.60. The van der Waals surface area contributed by atoms with Gasteiger partial charge in [-0.05, 0) is 56.5 Å². The van der Waals surface area contributed by atoms with Gasteiger partial charge in [-0.2, -0.15) is 0 Å². The Morgan fingerprint density at radius 2 is 1.81 bits per heavy atom. The number of carbonyl (C=O) groups is 2. The Morgan fingerprint density at radius 1 is 1.23 bits per heavy atom. The van der Waals surface area contributed by atoms with Crippen LogP contribution in [-0.2, 0) is 9.59 Å². The summed E-state index contributed by atoms with van der Waals surface area (Å²) in [6.45, 7) is 8.02. The summed E-state index contributed by atoms with van der Waals surface area (Å²) in [6, 6.07) is 6.85. The van der Waals surface area contributed by atoms with Crippen molar-refractivity contribution in [1.29, 1.82) is 0 Å². The molecule has 1 aliphatic rings. The molecule has 1 heterocycles. The van der Waals surface area contributed by atoms with E-state index in [2.05, 4.69) is 19.2 Å². The summed E-state index contributed by atoms with van der Waals surface area (Å²) in [5.41, 5.74) is 0.710. The molecule has 0 aliphatic carbocycles. The maximum atomic E-state index is 12.8. The van der Waals surface area contributed by atoms with Crippen molar-refractivity contribution in [3.63, 3.8) is 0 Å². The molecule has 2 amide bonds. The standard InChI is InChI=1S/C20H31N3O3/c1-14-10-15(2)12-23(11-14)20(25)16(3)22(4)13-19(24)21-17-6-8-18(26-5)9-7-17/h6-9,14-16H,10-13H2,1-5H3,(H,21,24)/t14-,15-,16+/m0/s1. The fraction of sp³-hybridized carbons (Fsp3) is 0.600. The topological polar surface area (TPSA) is 61.9 Å². The first-order chi connectivity index (χ1) is 12.3. The minimum Gasteiger partial charge on any atom is -0.497 e. The number of likely N-dealkylation sites (N-methyl/N-ethyl adjacent to an activating group) is 1. The molecule has 3 atom stereocenters. The molecule has 1 aromatic carbocycles. The van der Waals surface area contributed by atoms with Crippen LogP contribution in [0, 0.1) is 11.8 Å². The Hall–Kier alpha value is -2.08. The highest BCUT2D eigenvalue weighted by Gasteiger charge is 2.30. The van der Waals surface area contributed by atoms with Gasteiger partial charge in [0.05, 0.1) is 19.7 Å². The Morgan fingerprint density at radius 3 is 2.35 bits per heavy atom. The predicted molar refractivity (Wildman–Crippen MR) is 103 cm³/mol. The molecule has 1 aliphatic heterocycles. The normalized spacial score (nSPS) is 21.4. The molecule has 0 spiro atoms. The SMILES string of the molecule is COc1ccc(NC(=O)CN(C)[C@H](C)C(=O)N2C[C@@H](C)C[C@H](C)C2)cc1. The number of amides is 2. The Bertz CT molecular complexity index is 607. The lowest BCUT2D eigenvalue weighted by Gasteiger charge is -2.38. The van der Waals surface area contributed by atoms with Crippen molar-refractivity contribution in [2.75, 3.05) is 39.1 Å². The van der Waals surface area contributed by atoms with E-state index in [-0.39, 0.29) is 24.4 Å². The number of rotatable bonds is 6. The van der Waals surface area contributed by atoms with Crippen LogP contribution < -0.4 is 10.1 Å². The minimum atomic E-state index is -0.325. The summed E-state index contributed by atoms with van der Waals surface area (Å²) >= 11 is 0. The van der Waals surface area contributed by atoms with E-state index in [4.69, 9.17) is 4.74 Å². The molecule has 6 heteroatoms. The van der Waals surface area contributed by atoms with Gasteiger partial charge in [-0.1, -0.05) is 13.8 Å². The van der Waals surface area contributed by atoms with Crippen molar-refractivity contribution < 1.29 is 14.3 Å². The number of likely N-dealkylation sites (tertiary alicyclic amines) is 1. The van der Waals surface area contributed by atoms with Crippen LogP contribution in [0.3, 0.4) is 0 Å². The summed E-state index contributed by atoms with van der Waals surface area (Å²) in [6.07, 6.45) is 1.16. The zero-order valence-corrected chi connectivity index (χ0v) is 16.5. The molecule has 0 unspecified atom stereocenters. The van der Waals surface area contributed by atoms with Crippen LogP contribution in [0.5, 0.6) is 5.75 Å². The molecule has 6 nitrogen and oxygen atoms in total. The molecule has 26 heavy (non-hydrogen) atoms. The highest BCUT2D eigenvalue weighted by molar-refractivity contribution is 5.92. The lowest BCUT2D eigenvalue weighted by Crippen LogP contribution is -2.51. The molecule has 1 N–H and O–H groups in total. The summed E-state index contributed by atoms with van der Waals surface area (Å²) in [4.78, 5) is 28.8. The van der Waals surface area contributed by atoms with Crippen molar-refractivity contribution in [2.24, 2.45) is 11.8 Å². The third kappa shape index (κ3) is 5.46. The van der Waals surface area contributed by atoms with E-state index in [1.807, 2.05) is 18.9 Å². The molecule has 144 valence electrons. The zero-order valence-electron chi connectivity index (χ0n) is 16.5. The molecule has 2 rings (SSSR count). The first-order valence-electron chi connectivity index (χ1n) is 9.23. The van der Waals surface area contributed by atoms with E-state index >= 15 is 0 Å². The lowest BCUT2D eigenvalue weighted by atomic mass is 9.91. The quantitative estimate of drug-likeness (QED) is 0.845. The van der Waals surface area contributed by atoms with E-state index in [1.165, 1.54) is 0 Å². The number of methoxy groups -OCH3 is 1. The lowest BCUT2D eigenvalue weighted by molar-refractivity contribution is -0.139. The Labute approximate surface area is 156 Å². The fourth-order valence-corrected chi connectivity index (χ4v) is 3.53. The molecule has 0 bridgehead atoms. The van der Waals surface area contributed by atoms with Gasteiger partial charge in [0.1, 0.15) is 5.75 Å². The van der Waals surface area contributed by atoms with Gasteiger partial charge in [-0.25, -0.2) is 0 Å². The van der Waals surface area contributed by atoms with Crippen LogP contribution in [-0.4, -0.2) is 61.4 Å². The fourth-order valence-electron chi connectivity index (χ4n) is 3.53. The predicted octanol–water partition coefficient (Wildman–Crippen LogP) is 2.46. The molecule has 1 fully saturated rings. The number of carbonyl (C=O) groups excluding carboxylic acids is 2. The largest absolute Gasteiger partial charge is 0.497 e. The summed E-state index contributed by atoms with van der Waals surface area (Å²) in [5.74, 6) is 1.75. The highest BCUT2D eigenvalue weighted by atomic mass is 16.5. The molecule has 0 saturated carbocycles. The van der Waals surface area contributed by atoms with Gasteiger partial charge in [0, 0.05) is 18.8 Å². The molecular formula is C20H31N3O3. The maximum Gasteiger partial charge on any atom is 0.239 e. The first kappa shape index (κ1) is 20.2. The summed E-state index contributed by atoms with van der Waals surface area (Å²) < 4.78 is 5.11. The number of piperidine rings is 1. The Balaban J connectivity index is 1.87. The monoisotopic (exact) mass is 361 g/mol. The number of ether oxygens (including phenoxy) is 1. The van der Waals surface area contributed by atoms with Crippen molar-refractivity contribution in [1.82, 2.24) is 9.80 Å². The Kier molecular flexibility index (Phi) is 7.03. The van der Waals surface area contributed by atoms with E-state index < -0.39 is 0 Å². The molecule has 1 aromatic rings. The van der Waals surface area contributed by atoms with Gasteiger partial charge in [-0.3, -0.25) is 14.5 Å². The van der Waals surface area contributed by atoms with Crippen molar-refractivity contribution in [3.8, 4) is 5.75 Å². The zero-order chi connectivity index (χ0) is 19.3. The third-order valence-electron chi connectivity index (χ3n) is 4.97. The third-order valence-corrected chi connectivity index (χ3v) is 4.97. The smallest absolute Gasteiger partial charge is 0.239 e. The molecule has 0 radical (unpaired) electrons. The van der Waals surface area contributed by atoms with Crippen LogP contribution in [0.1, 0.15) is 27.2 Å². The number of hydrogen-bond donors (Lipinski definition) is 1. The number of nitrogens with one attached hydrogen (secondary N) is 1. The highest BCUT2D eigenvalue weighted by Crippen LogP contribution is 2.22. The summed E-state index contributed by atoms with van der Waals surface area (Å²) in [7, 11) is 3.41. The van der Waals surface area contributed by atoms with Crippen molar-refractivity contribution in [3.05, 3.63) is 24.3 Å². The van der Waals surface area contributed by atoms with Gasteiger partial charge in [0.2, 0.25) is 11.8 Å². The number of nitrogens with zero attached hydrogens (tertiary/aromatic N) is 2. The average molecular weight is 361 g/mol. The number of hydrogen-bond acceptors (Lipinski definition) is 4. The van der Waals surface area contributed by atoms with Gasteiger partial charge in [0.15, 0.2) is 0 Å². The van der Waals surface area contributed by atoms with Crippen LogP contribution in [0.25, 0.3) is 0 Å². The van der Waals surface area contributed by atoms with Crippen molar-refractivity contribution >= 4 is 17.5 Å². The molecule has 0 aromatic heterocycles. The second-order valence-corrected chi connectivity index (χ2v) is 7.56.